The van der Waals surface area contributed by atoms with Crippen LogP contribution in [0.1, 0.15) is 38.9 Å². The molecule has 18 heavy (non-hydrogen) atoms. The number of nitrogens with zero attached hydrogens (tertiary/aromatic N) is 2. The van der Waals surface area contributed by atoms with Crippen LogP contribution in [-0.4, -0.2) is 27.1 Å². The molecular formula is C13H21N3O2. The average Bonchev–Trinajstić information content (AvgIpc) is 2.28. The predicted molar refractivity (Wildman–Crippen MR) is 70.5 cm³/mol. The van der Waals surface area contributed by atoms with E-state index in [-0.39, 0.29) is 12.0 Å². The zero-order valence-corrected chi connectivity index (χ0v) is 11.2. The van der Waals surface area contributed by atoms with Gasteiger partial charge < -0.3 is 10.4 Å². The summed E-state index contributed by atoms with van der Waals surface area (Å²) in [4.78, 5) is 19.0. The SMILES string of the molecule is Cc1nccc(NC(C)CCCC(C)C(=O)O)n1. The molecule has 1 rings (SSSR count). The van der Waals surface area contributed by atoms with Gasteiger partial charge in [0.2, 0.25) is 0 Å². The monoisotopic (exact) mass is 251 g/mol. The first-order valence-electron chi connectivity index (χ1n) is 6.28. The van der Waals surface area contributed by atoms with Crippen molar-refractivity contribution in [3.05, 3.63) is 18.1 Å². The van der Waals surface area contributed by atoms with Crippen LogP contribution >= 0.6 is 0 Å². The van der Waals surface area contributed by atoms with Crippen molar-refractivity contribution in [2.24, 2.45) is 5.92 Å². The van der Waals surface area contributed by atoms with E-state index in [1.807, 2.05) is 13.0 Å². The first-order valence-corrected chi connectivity index (χ1v) is 6.28. The Bertz CT molecular complexity index is 396. The van der Waals surface area contributed by atoms with Gasteiger partial charge >= 0.3 is 5.97 Å². The molecule has 0 fully saturated rings. The van der Waals surface area contributed by atoms with Crippen LogP contribution in [-0.2, 0) is 4.79 Å². The van der Waals surface area contributed by atoms with E-state index in [0.29, 0.717) is 6.42 Å². The van der Waals surface area contributed by atoms with E-state index in [1.54, 1.807) is 13.1 Å². The van der Waals surface area contributed by atoms with E-state index in [9.17, 15) is 4.79 Å². The summed E-state index contributed by atoms with van der Waals surface area (Å²) in [6, 6.07) is 2.11. The lowest BCUT2D eigenvalue weighted by atomic mass is 10.0. The molecule has 0 bridgehead atoms. The second-order valence-electron chi connectivity index (χ2n) is 4.70. The van der Waals surface area contributed by atoms with E-state index >= 15 is 0 Å². The number of aromatic nitrogens is 2. The molecule has 2 N–H and O–H groups in total. The molecule has 1 aromatic rings. The number of anilines is 1. The van der Waals surface area contributed by atoms with E-state index < -0.39 is 5.97 Å². The van der Waals surface area contributed by atoms with Crippen LogP contribution in [0.4, 0.5) is 5.82 Å². The summed E-state index contributed by atoms with van der Waals surface area (Å²) in [6.45, 7) is 5.67. The molecule has 2 atom stereocenters. The zero-order chi connectivity index (χ0) is 13.5. The Kier molecular flexibility index (Phi) is 5.55. The third-order valence-corrected chi connectivity index (χ3v) is 2.87. The summed E-state index contributed by atoms with van der Waals surface area (Å²) >= 11 is 0. The Morgan fingerprint density at radius 3 is 2.78 bits per heavy atom. The van der Waals surface area contributed by atoms with Crippen molar-refractivity contribution in [3.8, 4) is 0 Å². The zero-order valence-electron chi connectivity index (χ0n) is 11.2. The molecule has 100 valence electrons. The van der Waals surface area contributed by atoms with Crippen LogP contribution in [0.2, 0.25) is 0 Å². The molecular weight excluding hydrogens is 230 g/mol. The Morgan fingerprint density at radius 1 is 1.44 bits per heavy atom. The van der Waals surface area contributed by atoms with Gasteiger partial charge in [-0.3, -0.25) is 4.79 Å². The van der Waals surface area contributed by atoms with Crippen LogP contribution in [0.5, 0.6) is 0 Å². The van der Waals surface area contributed by atoms with E-state index in [0.717, 1.165) is 24.5 Å². The van der Waals surface area contributed by atoms with Crippen LogP contribution in [0.25, 0.3) is 0 Å². The lowest BCUT2D eigenvalue weighted by Gasteiger charge is -2.15. The molecule has 5 heteroatoms. The fourth-order valence-electron chi connectivity index (χ4n) is 1.71. The van der Waals surface area contributed by atoms with Crippen molar-refractivity contribution in [3.63, 3.8) is 0 Å². The molecule has 5 nitrogen and oxygen atoms in total. The highest BCUT2D eigenvalue weighted by Crippen LogP contribution is 2.12. The molecule has 2 unspecified atom stereocenters. The van der Waals surface area contributed by atoms with Crippen molar-refractivity contribution in [1.29, 1.82) is 0 Å². The molecule has 0 aliphatic rings. The van der Waals surface area contributed by atoms with Crippen LogP contribution in [0, 0.1) is 12.8 Å². The number of rotatable bonds is 7. The van der Waals surface area contributed by atoms with Crippen molar-refractivity contribution >= 4 is 11.8 Å². The largest absolute Gasteiger partial charge is 0.481 e. The Hall–Kier alpha value is -1.65. The van der Waals surface area contributed by atoms with Gasteiger partial charge in [0.25, 0.3) is 0 Å². The van der Waals surface area contributed by atoms with Gasteiger partial charge in [0.1, 0.15) is 11.6 Å². The highest BCUT2D eigenvalue weighted by molar-refractivity contribution is 5.69. The number of carbonyl (C=O) groups is 1. The van der Waals surface area contributed by atoms with Crippen molar-refractivity contribution in [1.82, 2.24) is 9.97 Å². The minimum absolute atomic E-state index is 0.265. The first-order chi connectivity index (χ1) is 8.49. The molecule has 0 saturated heterocycles. The summed E-state index contributed by atoms with van der Waals surface area (Å²) in [5, 5.41) is 12.1. The fraction of sp³-hybridized carbons (Fsp3) is 0.615. The minimum atomic E-state index is -0.720. The average molecular weight is 251 g/mol. The van der Waals surface area contributed by atoms with Crippen molar-refractivity contribution in [2.45, 2.75) is 46.1 Å². The van der Waals surface area contributed by atoms with Crippen LogP contribution < -0.4 is 5.32 Å². The van der Waals surface area contributed by atoms with E-state index in [4.69, 9.17) is 5.11 Å². The van der Waals surface area contributed by atoms with Crippen LogP contribution in [0.3, 0.4) is 0 Å². The third kappa shape index (κ3) is 5.12. The van der Waals surface area contributed by atoms with Gasteiger partial charge in [0.15, 0.2) is 0 Å². The number of nitrogens with one attached hydrogen (secondary N) is 1. The lowest BCUT2D eigenvalue weighted by molar-refractivity contribution is -0.141. The molecule has 0 saturated carbocycles. The summed E-state index contributed by atoms with van der Waals surface area (Å²) in [6.07, 6.45) is 4.26. The van der Waals surface area contributed by atoms with Gasteiger partial charge in [-0.25, -0.2) is 9.97 Å². The number of hydrogen-bond acceptors (Lipinski definition) is 4. The maximum absolute atomic E-state index is 10.7. The number of aryl methyl sites for hydroxylation is 1. The fourth-order valence-corrected chi connectivity index (χ4v) is 1.71. The lowest BCUT2D eigenvalue weighted by Crippen LogP contribution is -2.17. The highest BCUT2D eigenvalue weighted by Gasteiger charge is 2.11. The minimum Gasteiger partial charge on any atom is -0.481 e. The number of aliphatic carboxylic acids is 1. The standard InChI is InChI=1S/C13H21N3O2/c1-9(13(17)18)5-4-6-10(2)15-12-7-8-14-11(3)16-12/h7-10H,4-6H2,1-3H3,(H,17,18)(H,14,15,16). The van der Waals surface area contributed by atoms with E-state index in [2.05, 4.69) is 22.2 Å². The highest BCUT2D eigenvalue weighted by atomic mass is 16.4. The third-order valence-electron chi connectivity index (χ3n) is 2.87. The normalized spacial score (nSPS) is 13.9. The molecule has 0 aliphatic heterocycles. The molecule has 0 radical (unpaired) electrons. The predicted octanol–water partition coefficient (Wildman–Crippen LogP) is 2.48. The van der Waals surface area contributed by atoms with Crippen LogP contribution in [0.15, 0.2) is 12.3 Å². The Morgan fingerprint density at radius 2 is 2.17 bits per heavy atom. The smallest absolute Gasteiger partial charge is 0.306 e. The number of carboxylic acid groups (broad SMARTS) is 1. The molecule has 1 aromatic heterocycles. The summed E-state index contributed by atoms with van der Waals surface area (Å²) in [5.74, 6) is 0.577. The molecule has 0 amide bonds. The summed E-state index contributed by atoms with van der Waals surface area (Å²) < 4.78 is 0. The van der Waals surface area contributed by atoms with E-state index in [1.165, 1.54) is 0 Å². The number of carboxylic acids is 1. The van der Waals surface area contributed by atoms with Gasteiger partial charge in [-0.05, 0) is 32.8 Å². The van der Waals surface area contributed by atoms with Gasteiger partial charge in [-0.1, -0.05) is 13.3 Å². The second-order valence-corrected chi connectivity index (χ2v) is 4.70. The topological polar surface area (TPSA) is 75.1 Å². The van der Waals surface area contributed by atoms with Crippen molar-refractivity contribution in [2.75, 3.05) is 5.32 Å². The molecule has 0 spiro atoms. The Balaban J connectivity index is 2.29. The molecule has 0 aromatic carbocycles. The van der Waals surface area contributed by atoms with Gasteiger partial charge in [-0.15, -0.1) is 0 Å². The molecule has 1 heterocycles. The molecule has 0 aliphatic carbocycles. The second kappa shape index (κ2) is 6.93. The quantitative estimate of drug-likeness (QED) is 0.778. The van der Waals surface area contributed by atoms with Crippen molar-refractivity contribution < 1.29 is 9.90 Å². The van der Waals surface area contributed by atoms with Gasteiger partial charge in [-0.2, -0.15) is 0 Å². The Labute approximate surface area is 108 Å². The maximum atomic E-state index is 10.7. The number of hydrogen-bond donors (Lipinski definition) is 2. The van der Waals surface area contributed by atoms with Gasteiger partial charge in [0.05, 0.1) is 5.92 Å². The van der Waals surface area contributed by atoms with Gasteiger partial charge in [0, 0.05) is 12.2 Å². The summed E-state index contributed by atoms with van der Waals surface area (Å²) in [7, 11) is 0. The summed E-state index contributed by atoms with van der Waals surface area (Å²) in [5.41, 5.74) is 0. The first kappa shape index (κ1) is 14.4. The maximum Gasteiger partial charge on any atom is 0.306 e.